The number of carbonyl (C=O) groups is 1. The molecule has 0 spiro atoms. The number of benzene rings is 2. The summed E-state index contributed by atoms with van der Waals surface area (Å²) in [5, 5.41) is 3.37. The average Bonchev–Trinajstić information content (AvgIpc) is 3.57. The average molecular weight is 627 g/mol. The van der Waals surface area contributed by atoms with Crippen molar-refractivity contribution in [3.8, 4) is 0 Å². The van der Waals surface area contributed by atoms with Gasteiger partial charge in [-0.1, -0.05) is 30.3 Å². The maximum absolute atomic E-state index is 12.5. The Balaban J connectivity index is 1.23. The van der Waals surface area contributed by atoms with Crippen LogP contribution in [0.1, 0.15) is 36.0 Å². The minimum Gasteiger partial charge on any atom is -0.459 e. The lowest BCUT2D eigenvalue weighted by Gasteiger charge is -2.24. The Morgan fingerprint density at radius 3 is 2.71 bits per heavy atom. The molecule has 4 aromatic rings. The number of hydrogen-bond acceptors (Lipinski definition) is 9. The van der Waals surface area contributed by atoms with Crippen LogP contribution in [0.15, 0.2) is 67.3 Å². The Morgan fingerprint density at radius 1 is 1.08 bits per heavy atom. The molecule has 0 saturated carbocycles. The van der Waals surface area contributed by atoms with Gasteiger partial charge in [0.15, 0.2) is 29.0 Å². The van der Waals surface area contributed by atoms with E-state index >= 15 is 0 Å². The zero-order valence-corrected chi connectivity index (χ0v) is 22.9. The van der Waals surface area contributed by atoms with E-state index in [9.17, 15) is 4.79 Å². The number of fused-ring (bicyclic) bond motifs is 2. The van der Waals surface area contributed by atoms with Crippen molar-refractivity contribution in [2.75, 3.05) is 11.9 Å². The van der Waals surface area contributed by atoms with Crippen molar-refractivity contribution in [1.82, 2.24) is 19.5 Å². The first-order chi connectivity index (χ1) is 18.4. The standard InChI is InChI=1S/C27H26IN5O5/c1-27(2)37-21-19(13-35-26(34)17-8-4-3-5-9-17)36-25(22(21)38-27)33-15-32-20-23(30-14-31-24(20)33)29-12-16-7-6-10-18(28)11-16/h3-11,14-15,19,21-22,25H,12-13H2,1-2H3,(H,29,30,31)/t19-,21-,22-,25-/m1/s1. The molecule has 6 rings (SSSR count). The summed E-state index contributed by atoms with van der Waals surface area (Å²) in [6.07, 6.45) is 1.18. The van der Waals surface area contributed by atoms with E-state index in [1.165, 1.54) is 6.33 Å². The first-order valence-corrected chi connectivity index (χ1v) is 13.3. The van der Waals surface area contributed by atoms with E-state index in [4.69, 9.17) is 18.9 Å². The van der Waals surface area contributed by atoms with E-state index in [0.29, 0.717) is 29.1 Å². The molecule has 0 amide bonds. The summed E-state index contributed by atoms with van der Waals surface area (Å²) in [5.74, 6) is -0.610. The number of rotatable bonds is 7. The van der Waals surface area contributed by atoms with Crippen LogP contribution in [0.4, 0.5) is 5.82 Å². The van der Waals surface area contributed by atoms with Crippen molar-refractivity contribution in [1.29, 1.82) is 0 Å². The van der Waals surface area contributed by atoms with Crippen LogP contribution in [-0.4, -0.2) is 56.2 Å². The summed E-state index contributed by atoms with van der Waals surface area (Å²) in [7, 11) is 0. The van der Waals surface area contributed by atoms with Crippen molar-refractivity contribution in [2.24, 2.45) is 0 Å². The van der Waals surface area contributed by atoms with Crippen molar-refractivity contribution in [3.05, 3.63) is 81.9 Å². The van der Waals surface area contributed by atoms with Gasteiger partial charge >= 0.3 is 5.97 Å². The molecule has 1 N–H and O–H groups in total. The van der Waals surface area contributed by atoms with Gasteiger partial charge in [-0.3, -0.25) is 4.57 Å². The van der Waals surface area contributed by atoms with E-state index in [2.05, 4.69) is 61.1 Å². The molecule has 0 radical (unpaired) electrons. The number of nitrogens with one attached hydrogen (secondary N) is 1. The smallest absolute Gasteiger partial charge is 0.338 e. The fraction of sp³-hybridized carbons (Fsp3) is 0.333. The molecular weight excluding hydrogens is 601 g/mol. The molecule has 0 unspecified atom stereocenters. The number of hydrogen-bond donors (Lipinski definition) is 1. The third-order valence-electron chi connectivity index (χ3n) is 6.50. The van der Waals surface area contributed by atoms with Gasteiger partial charge in [0.1, 0.15) is 31.2 Å². The van der Waals surface area contributed by atoms with E-state index in [-0.39, 0.29) is 6.61 Å². The summed E-state index contributed by atoms with van der Waals surface area (Å²) in [6, 6.07) is 17.1. The monoisotopic (exact) mass is 627 g/mol. The highest BCUT2D eigenvalue weighted by Crippen LogP contribution is 2.44. The van der Waals surface area contributed by atoms with E-state index in [1.807, 2.05) is 30.5 Å². The molecule has 0 bridgehead atoms. The lowest BCUT2D eigenvalue weighted by molar-refractivity contribution is -0.199. The Labute approximate surface area is 232 Å². The van der Waals surface area contributed by atoms with Crippen LogP contribution in [0.5, 0.6) is 0 Å². The molecule has 2 fully saturated rings. The molecule has 38 heavy (non-hydrogen) atoms. The fourth-order valence-electron chi connectivity index (χ4n) is 4.83. The third kappa shape index (κ3) is 4.98. The third-order valence-corrected chi connectivity index (χ3v) is 7.17. The van der Waals surface area contributed by atoms with Gasteiger partial charge in [-0.15, -0.1) is 0 Å². The first kappa shape index (κ1) is 25.2. The normalized spacial score (nSPS) is 23.9. The molecule has 2 aromatic carbocycles. The molecule has 0 aliphatic carbocycles. The molecule has 4 heterocycles. The van der Waals surface area contributed by atoms with Crippen LogP contribution < -0.4 is 5.32 Å². The van der Waals surface area contributed by atoms with Crippen LogP contribution in [0, 0.1) is 3.57 Å². The van der Waals surface area contributed by atoms with Crippen LogP contribution in [0.3, 0.4) is 0 Å². The van der Waals surface area contributed by atoms with E-state index in [0.717, 1.165) is 9.13 Å². The highest BCUT2D eigenvalue weighted by Gasteiger charge is 2.56. The maximum Gasteiger partial charge on any atom is 0.338 e. The van der Waals surface area contributed by atoms with Crippen LogP contribution >= 0.6 is 22.6 Å². The minimum absolute atomic E-state index is 0.0229. The number of ether oxygens (including phenoxy) is 4. The fourth-order valence-corrected chi connectivity index (χ4v) is 5.44. The van der Waals surface area contributed by atoms with Gasteiger partial charge in [0.2, 0.25) is 0 Å². The second-order valence-electron chi connectivity index (χ2n) is 9.62. The van der Waals surface area contributed by atoms with Crippen LogP contribution in [0.2, 0.25) is 0 Å². The van der Waals surface area contributed by atoms with Crippen molar-refractivity contribution < 1.29 is 23.7 Å². The molecule has 2 saturated heterocycles. The van der Waals surface area contributed by atoms with Gasteiger partial charge in [0, 0.05) is 10.1 Å². The highest BCUT2D eigenvalue weighted by atomic mass is 127. The number of nitrogens with zero attached hydrogens (tertiary/aromatic N) is 4. The number of halogens is 1. The Kier molecular flexibility index (Phi) is 6.76. The highest BCUT2D eigenvalue weighted by molar-refractivity contribution is 14.1. The number of imidazole rings is 1. The summed E-state index contributed by atoms with van der Waals surface area (Å²) >= 11 is 2.29. The first-order valence-electron chi connectivity index (χ1n) is 12.3. The van der Waals surface area contributed by atoms with Crippen LogP contribution in [0.25, 0.3) is 11.2 Å². The molecule has 2 aromatic heterocycles. The van der Waals surface area contributed by atoms with E-state index in [1.54, 1.807) is 30.6 Å². The van der Waals surface area contributed by atoms with Crippen molar-refractivity contribution in [2.45, 2.75) is 50.7 Å². The van der Waals surface area contributed by atoms with Crippen LogP contribution in [-0.2, 0) is 25.5 Å². The summed E-state index contributed by atoms with van der Waals surface area (Å²) in [6.45, 7) is 4.34. The maximum atomic E-state index is 12.5. The van der Waals surface area contributed by atoms with Gasteiger partial charge in [-0.25, -0.2) is 19.7 Å². The molecule has 2 aliphatic heterocycles. The number of esters is 1. The minimum atomic E-state index is -0.815. The Morgan fingerprint density at radius 2 is 1.89 bits per heavy atom. The zero-order chi connectivity index (χ0) is 26.3. The second kappa shape index (κ2) is 10.2. The number of anilines is 1. The van der Waals surface area contributed by atoms with Gasteiger partial charge in [0.25, 0.3) is 0 Å². The Bertz CT molecular complexity index is 1460. The summed E-state index contributed by atoms with van der Waals surface area (Å²) < 4.78 is 27.3. The molecule has 10 nitrogen and oxygen atoms in total. The van der Waals surface area contributed by atoms with Gasteiger partial charge < -0.3 is 24.3 Å². The summed E-state index contributed by atoms with van der Waals surface area (Å²) in [4.78, 5) is 26.0. The van der Waals surface area contributed by atoms with Gasteiger partial charge in [0.05, 0.1) is 11.9 Å². The van der Waals surface area contributed by atoms with E-state index < -0.39 is 36.3 Å². The molecule has 11 heteroatoms. The predicted octanol–water partition coefficient (Wildman–Crippen LogP) is 4.32. The zero-order valence-electron chi connectivity index (χ0n) is 20.8. The van der Waals surface area contributed by atoms with Gasteiger partial charge in [-0.2, -0.15) is 0 Å². The molecule has 2 aliphatic rings. The van der Waals surface area contributed by atoms with Crippen molar-refractivity contribution in [3.63, 3.8) is 0 Å². The molecule has 4 atom stereocenters. The van der Waals surface area contributed by atoms with Crippen molar-refractivity contribution >= 4 is 45.5 Å². The molecule has 196 valence electrons. The summed E-state index contributed by atoms with van der Waals surface area (Å²) in [5.41, 5.74) is 2.83. The molecular formula is C27H26IN5O5. The lowest BCUT2D eigenvalue weighted by Crippen LogP contribution is -2.33. The van der Waals surface area contributed by atoms with Gasteiger partial charge in [-0.05, 0) is 66.3 Å². The quantitative estimate of drug-likeness (QED) is 0.237. The largest absolute Gasteiger partial charge is 0.459 e. The predicted molar refractivity (Wildman–Crippen MR) is 146 cm³/mol. The number of carbonyl (C=O) groups excluding carboxylic acids is 1. The lowest BCUT2D eigenvalue weighted by atomic mass is 10.1. The number of aromatic nitrogens is 4. The SMILES string of the molecule is CC1(C)O[C@@H]2[C@H](O1)[C@@H](COC(=O)c1ccccc1)O[C@H]2n1cnc2c(NCc3cccc(I)c3)ncnc21. The topological polar surface area (TPSA) is 110 Å². The Hall–Kier alpha value is -3.13. The second-order valence-corrected chi connectivity index (χ2v) is 10.9.